The Morgan fingerprint density at radius 1 is 0.194 bits per heavy atom. The monoisotopic (exact) mass is 1930 g/mol. The fourth-order valence-electron chi connectivity index (χ4n) is 19.6. The van der Waals surface area contributed by atoms with E-state index in [1.165, 1.54) is 190 Å². The Balaban J connectivity index is 0.000000136. The Bertz CT molecular complexity index is 8160. The van der Waals surface area contributed by atoms with Gasteiger partial charge in [0.1, 0.15) is 0 Å². The standard InChI is InChI=1S/C62H40.C32H19Br.C30H23BO2.C2H5I.C2H6.V/c1-4-17-41(18-5-1)49-39-58(42-19-6-2-7-20-42)61(59(40-49)43-21-8-3-9-22-43)45-33-31-44(32-34-45)60-53-25-12-14-27-55(53)62(56-28-15-13-26-54(56)60)52-30-16-29-50-51(52)36-35-48-37-46-23-10-11-24-47(46)38-57(48)50;33-32-28-12-5-3-10-26(28)31(27-11-4-6-13-29(27)32)25-15-7-14-23-24(25)17-16-22-18-20-8-1-2-9-21(20)19-30(22)23;32-31(33)27-18-16-25(17-19-27)30-28(23-12-6-2-7-13-23)20-26(22-10-4-1-5-11-22)21-29(30)24-14-8-3-9-15-24;1-2-3;1-2;/h1-40H;1-19H;1-21,32-33H;2H2,1H3;1-2H3;. The van der Waals surface area contributed by atoms with Gasteiger partial charge in [0.25, 0.3) is 0 Å². The van der Waals surface area contributed by atoms with Gasteiger partial charge in [-0.05, 0) is 304 Å². The molecule has 0 bridgehead atoms. The summed E-state index contributed by atoms with van der Waals surface area (Å²) in [6.07, 6.45) is 0. The van der Waals surface area contributed by atoms with Crippen molar-refractivity contribution in [3.63, 3.8) is 0 Å². The summed E-state index contributed by atoms with van der Waals surface area (Å²) >= 11 is 6.18. The van der Waals surface area contributed by atoms with Crippen molar-refractivity contribution in [3.8, 4) is 122 Å². The van der Waals surface area contributed by atoms with Gasteiger partial charge < -0.3 is 10.0 Å². The van der Waals surface area contributed by atoms with Gasteiger partial charge in [0.15, 0.2) is 0 Å². The third-order valence-corrected chi connectivity index (χ3v) is 26.5. The molecule has 0 amide bonds. The Morgan fingerprint density at radius 3 is 0.754 bits per heavy atom. The van der Waals surface area contributed by atoms with Gasteiger partial charge >= 0.3 is 7.12 Å². The first-order valence-corrected chi connectivity index (χ1v) is 48.0. The Hall–Kier alpha value is -14.3. The molecule has 0 aliphatic rings. The van der Waals surface area contributed by atoms with Crippen molar-refractivity contribution in [1.29, 1.82) is 0 Å². The smallest absolute Gasteiger partial charge is 0.423 e. The zero-order chi connectivity index (χ0) is 90.3. The van der Waals surface area contributed by atoms with Gasteiger partial charge in [0, 0.05) is 23.0 Å². The van der Waals surface area contributed by atoms with Crippen LogP contribution in [0.25, 0.3) is 230 Å². The van der Waals surface area contributed by atoms with Crippen LogP contribution in [0.1, 0.15) is 20.8 Å². The van der Waals surface area contributed by atoms with Gasteiger partial charge in [-0.3, -0.25) is 0 Å². The summed E-state index contributed by atoms with van der Waals surface area (Å²) in [4.78, 5) is 0. The van der Waals surface area contributed by atoms with Gasteiger partial charge in [0.2, 0.25) is 0 Å². The van der Waals surface area contributed by atoms with E-state index < -0.39 is 7.12 Å². The molecule has 0 unspecified atom stereocenters. The second-order valence-electron chi connectivity index (χ2n) is 33.3. The van der Waals surface area contributed by atoms with Crippen LogP contribution in [0.3, 0.4) is 0 Å². The SMILES string of the molecule is Brc1c2ccccc2c(-c2cccc3c2ccc2cc4ccccc4cc23)c2ccccc12.CC.CCI.OB(O)c1ccc(-c2c(-c3ccccc3)cc(-c3ccccc3)cc2-c2ccccc2)cc1.[V].c1ccc(-c2cc(-c3ccccc3)c(-c3ccc(-c4c5ccccc5c(-c5cccc6c5ccc5cc7ccccc7cc56)c5ccccc45)cc3)c(-c3ccccc3)c2)cc1. The van der Waals surface area contributed by atoms with Crippen LogP contribution in [0, 0.1) is 0 Å². The fraction of sp³-hybridized carbons (Fsp3) is 0.0312. The fourth-order valence-corrected chi connectivity index (χ4v) is 20.3. The molecule has 0 aliphatic carbocycles. The first-order chi connectivity index (χ1) is 65.7. The van der Waals surface area contributed by atoms with Crippen molar-refractivity contribution in [2.24, 2.45) is 0 Å². The largest absolute Gasteiger partial charge is 0.488 e. The maximum atomic E-state index is 9.57. The van der Waals surface area contributed by atoms with Crippen LogP contribution in [-0.4, -0.2) is 21.6 Å². The molecule has 0 fully saturated rings. The van der Waals surface area contributed by atoms with Crippen molar-refractivity contribution >= 4 is 159 Å². The molecular weight excluding hydrogens is 1840 g/mol. The molecule has 134 heavy (non-hydrogen) atoms. The number of rotatable bonds is 12. The van der Waals surface area contributed by atoms with Gasteiger partial charge in [0.05, 0.1) is 0 Å². The number of hydrogen-bond donors (Lipinski definition) is 2. The van der Waals surface area contributed by atoms with Crippen LogP contribution in [-0.2, 0) is 18.6 Å². The van der Waals surface area contributed by atoms with E-state index in [9.17, 15) is 10.0 Å². The molecule has 2 N–H and O–H groups in total. The zero-order valence-electron chi connectivity index (χ0n) is 74.6. The molecule has 0 atom stereocenters. The molecule has 0 heterocycles. The maximum absolute atomic E-state index is 9.57. The molecule has 6 heteroatoms. The average Bonchev–Trinajstić information content (AvgIpc) is 0.775. The van der Waals surface area contributed by atoms with Gasteiger partial charge in [-0.25, -0.2) is 0 Å². The van der Waals surface area contributed by atoms with Crippen molar-refractivity contribution in [3.05, 3.63) is 490 Å². The molecule has 0 aromatic heterocycles. The molecule has 0 spiro atoms. The summed E-state index contributed by atoms with van der Waals surface area (Å²) in [5.74, 6) is 0. The third kappa shape index (κ3) is 17.6. The number of alkyl halides is 1. The minimum Gasteiger partial charge on any atom is -0.423 e. The first kappa shape index (κ1) is 88.9. The predicted octanol–water partition coefficient (Wildman–Crippen LogP) is 35.8. The van der Waals surface area contributed by atoms with Crippen LogP contribution in [0.15, 0.2) is 490 Å². The predicted molar refractivity (Wildman–Crippen MR) is 588 cm³/mol. The van der Waals surface area contributed by atoms with E-state index in [0.29, 0.717) is 5.46 Å². The van der Waals surface area contributed by atoms with Crippen molar-refractivity contribution < 1.29 is 28.6 Å². The summed E-state index contributed by atoms with van der Waals surface area (Å²) in [6, 6.07) is 175. The second kappa shape index (κ2) is 40.4. The van der Waals surface area contributed by atoms with Crippen LogP contribution < -0.4 is 5.46 Å². The van der Waals surface area contributed by atoms with Gasteiger partial charge in [-0.15, -0.1) is 0 Å². The molecule has 24 rings (SSSR count). The quantitative estimate of drug-likeness (QED) is 0.0421. The second-order valence-corrected chi connectivity index (χ2v) is 35.6. The maximum Gasteiger partial charge on any atom is 0.488 e. The summed E-state index contributed by atoms with van der Waals surface area (Å²) in [5, 5.41) is 44.5. The summed E-state index contributed by atoms with van der Waals surface area (Å²) in [5.41, 5.74) is 26.7. The molecule has 24 aromatic rings. The normalized spacial score (nSPS) is 11.1. The molecular formula is C128H93BBrIO2V. The van der Waals surface area contributed by atoms with E-state index in [1.807, 2.05) is 44.2 Å². The summed E-state index contributed by atoms with van der Waals surface area (Å²) in [6.45, 7) is 6.11. The minimum atomic E-state index is -1.48. The van der Waals surface area contributed by atoms with E-state index in [1.54, 1.807) is 12.1 Å². The van der Waals surface area contributed by atoms with Crippen molar-refractivity contribution in [1.82, 2.24) is 0 Å². The molecule has 1 radical (unpaired) electrons. The first-order valence-electron chi connectivity index (χ1n) is 45.7. The molecule has 2 nitrogen and oxygen atoms in total. The Labute approximate surface area is 817 Å². The third-order valence-electron chi connectivity index (χ3n) is 25.6. The molecule has 0 saturated carbocycles. The summed E-state index contributed by atoms with van der Waals surface area (Å²) in [7, 11) is -1.48. The zero-order valence-corrected chi connectivity index (χ0v) is 79.7. The Kier molecular flexibility index (Phi) is 26.8. The van der Waals surface area contributed by atoms with E-state index >= 15 is 0 Å². The molecule has 0 aliphatic heterocycles. The van der Waals surface area contributed by atoms with Gasteiger partial charge in [-0.2, -0.15) is 0 Å². The van der Waals surface area contributed by atoms with Crippen LogP contribution in [0.2, 0.25) is 0 Å². The van der Waals surface area contributed by atoms with E-state index in [0.717, 1.165) is 49.0 Å². The van der Waals surface area contributed by atoms with Crippen LogP contribution in [0.4, 0.5) is 0 Å². The number of hydrogen-bond acceptors (Lipinski definition) is 2. The molecule has 24 aromatic carbocycles. The minimum absolute atomic E-state index is 0. The topological polar surface area (TPSA) is 40.5 Å². The van der Waals surface area contributed by atoms with Crippen molar-refractivity contribution in [2.45, 2.75) is 20.8 Å². The van der Waals surface area contributed by atoms with Gasteiger partial charge in [-0.1, -0.05) is 480 Å². The molecule has 639 valence electrons. The van der Waals surface area contributed by atoms with E-state index in [2.05, 4.69) is 488 Å². The number of halogens is 2. The Morgan fingerprint density at radius 2 is 0.440 bits per heavy atom. The molecule has 0 saturated heterocycles. The van der Waals surface area contributed by atoms with E-state index in [-0.39, 0.29) is 18.6 Å². The van der Waals surface area contributed by atoms with Crippen LogP contribution in [0.5, 0.6) is 0 Å². The number of fused-ring (bicyclic) bond motifs is 12. The number of benzene rings is 24. The average molecular weight is 1930 g/mol. The summed E-state index contributed by atoms with van der Waals surface area (Å²) < 4.78 is 2.38. The van der Waals surface area contributed by atoms with E-state index in [4.69, 9.17) is 0 Å². The van der Waals surface area contributed by atoms with Crippen LogP contribution >= 0.6 is 38.5 Å². The van der Waals surface area contributed by atoms with Crippen molar-refractivity contribution in [2.75, 3.05) is 4.43 Å².